The van der Waals surface area contributed by atoms with Gasteiger partial charge in [-0.25, -0.2) is 9.97 Å². The molecule has 2 aromatic rings. The molecule has 5 nitrogen and oxygen atoms in total. The van der Waals surface area contributed by atoms with Gasteiger partial charge in [0.05, 0.1) is 11.9 Å². The van der Waals surface area contributed by atoms with Crippen LogP contribution in [0.4, 0.5) is 5.82 Å². The average Bonchev–Trinajstić information content (AvgIpc) is 2.85. The van der Waals surface area contributed by atoms with Crippen molar-refractivity contribution in [1.82, 2.24) is 9.97 Å². The highest BCUT2D eigenvalue weighted by atomic mass is 32.1. The van der Waals surface area contributed by atoms with Gasteiger partial charge in [-0.3, -0.25) is 4.79 Å². The van der Waals surface area contributed by atoms with Gasteiger partial charge < -0.3 is 11.1 Å². The summed E-state index contributed by atoms with van der Waals surface area (Å²) in [6.45, 7) is 0.108. The number of rotatable bonds is 3. The molecule has 0 bridgehead atoms. The fourth-order valence-electron chi connectivity index (χ4n) is 2.23. The van der Waals surface area contributed by atoms with E-state index in [9.17, 15) is 4.79 Å². The fourth-order valence-corrected chi connectivity index (χ4v) is 3.46. The zero-order chi connectivity index (χ0) is 11.8. The normalized spacial score (nSPS) is 13.9. The monoisotopic (exact) mass is 248 g/mol. The molecule has 0 atom stereocenters. The van der Waals surface area contributed by atoms with Crippen LogP contribution in [-0.4, -0.2) is 22.4 Å². The van der Waals surface area contributed by atoms with Crippen molar-refractivity contribution < 1.29 is 4.79 Å². The highest BCUT2D eigenvalue weighted by Crippen LogP contribution is 2.38. The Morgan fingerprint density at radius 1 is 1.47 bits per heavy atom. The van der Waals surface area contributed by atoms with Gasteiger partial charge in [-0.05, 0) is 24.8 Å². The van der Waals surface area contributed by atoms with Gasteiger partial charge in [-0.15, -0.1) is 11.3 Å². The van der Waals surface area contributed by atoms with Crippen LogP contribution in [0.5, 0.6) is 0 Å². The summed E-state index contributed by atoms with van der Waals surface area (Å²) in [5.74, 6) is 0.344. The third-order valence-corrected chi connectivity index (χ3v) is 4.13. The van der Waals surface area contributed by atoms with Crippen LogP contribution in [0, 0.1) is 0 Å². The van der Waals surface area contributed by atoms with Crippen molar-refractivity contribution in [2.45, 2.75) is 19.3 Å². The number of amides is 1. The summed E-state index contributed by atoms with van der Waals surface area (Å²) in [5.41, 5.74) is 6.48. The van der Waals surface area contributed by atoms with Gasteiger partial charge in [0.1, 0.15) is 17.0 Å². The minimum Gasteiger partial charge on any atom is -0.368 e. The van der Waals surface area contributed by atoms with Crippen LogP contribution >= 0.6 is 11.3 Å². The fraction of sp³-hybridized carbons (Fsp3) is 0.364. The number of thiophene rings is 1. The number of aromatic nitrogens is 2. The summed E-state index contributed by atoms with van der Waals surface area (Å²) >= 11 is 1.73. The molecule has 3 rings (SSSR count). The molecule has 0 saturated heterocycles. The Morgan fingerprint density at radius 3 is 3.18 bits per heavy atom. The molecule has 0 unspecified atom stereocenters. The summed E-state index contributed by atoms with van der Waals surface area (Å²) in [4.78, 5) is 21.7. The molecule has 6 heteroatoms. The lowest BCUT2D eigenvalue weighted by molar-refractivity contribution is -0.116. The topological polar surface area (TPSA) is 80.9 Å². The van der Waals surface area contributed by atoms with Crippen LogP contribution in [0.3, 0.4) is 0 Å². The number of aryl methyl sites for hydroxylation is 2. The van der Waals surface area contributed by atoms with Crippen LogP contribution in [-0.2, 0) is 17.6 Å². The summed E-state index contributed by atoms with van der Waals surface area (Å²) in [7, 11) is 0. The molecular weight excluding hydrogens is 236 g/mol. The van der Waals surface area contributed by atoms with Crippen molar-refractivity contribution in [1.29, 1.82) is 0 Å². The van der Waals surface area contributed by atoms with E-state index in [0.717, 1.165) is 28.9 Å². The smallest absolute Gasteiger partial charge is 0.236 e. The van der Waals surface area contributed by atoms with Crippen molar-refractivity contribution in [3.05, 3.63) is 16.8 Å². The molecule has 3 N–H and O–H groups in total. The van der Waals surface area contributed by atoms with Gasteiger partial charge in [0, 0.05) is 4.88 Å². The summed E-state index contributed by atoms with van der Waals surface area (Å²) in [6, 6.07) is 0. The number of carbonyl (C=O) groups excluding carboxylic acids is 1. The van der Waals surface area contributed by atoms with E-state index in [4.69, 9.17) is 5.73 Å². The zero-order valence-electron chi connectivity index (χ0n) is 9.19. The van der Waals surface area contributed by atoms with Crippen molar-refractivity contribution in [2.24, 2.45) is 5.73 Å². The second-order valence-electron chi connectivity index (χ2n) is 4.08. The standard InChI is InChI=1S/C11H12N4OS/c12-8(16)4-13-10-9-6-2-1-3-7(6)17-11(9)15-5-14-10/h5H,1-4H2,(H2,12,16)(H,13,14,15). The molecule has 2 heterocycles. The Hall–Kier alpha value is -1.69. The third kappa shape index (κ3) is 1.74. The summed E-state index contributed by atoms with van der Waals surface area (Å²) in [5, 5.41) is 4.06. The van der Waals surface area contributed by atoms with E-state index in [1.165, 1.54) is 23.2 Å². The Morgan fingerprint density at radius 2 is 2.35 bits per heavy atom. The van der Waals surface area contributed by atoms with Crippen molar-refractivity contribution in [3.63, 3.8) is 0 Å². The number of nitrogens with zero attached hydrogens (tertiary/aromatic N) is 2. The van der Waals surface area contributed by atoms with Crippen molar-refractivity contribution >= 4 is 33.3 Å². The quantitative estimate of drug-likeness (QED) is 0.851. The highest BCUT2D eigenvalue weighted by Gasteiger charge is 2.20. The first-order chi connectivity index (χ1) is 8.25. The molecule has 1 aliphatic carbocycles. The largest absolute Gasteiger partial charge is 0.368 e. The Kier molecular flexibility index (Phi) is 2.44. The number of nitrogens with two attached hydrogens (primary N) is 1. The molecule has 2 aromatic heterocycles. The van der Waals surface area contributed by atoms with Gasteiger partial charge in [0.25, 0.3) is 0 Å². The maximum absolute atomic E-state index is 10.8. The maximum Gasteiger partial charge on any atom is 0.236 e. The lowest BCUT2D eigenvalue weighted by atomic mass is 10.2. The van der Waals surface area contributed by atoms with Crippen LogP contribution in [0.15, 0.2) is 6.33 Å². The maximum atomic E-state index is 10.8. The van der Waals surface area contributed by atoms with E-state index in [2.05, 4.69) is 15.3 Å². The Bertz CT molecular complexity index is 592. The minimum absolute atomic E-state index is 0.108. The van der Waals surface area contributed by atoms with E-state index in [0.29, 0.717) is 0 Å². The SMILES string of the molecule is NC(=O)CNc1ncnc2sc3c(c12)CCC3. The molecule has 0 spiro atoms. The van der Waals surface area contributed by atoms with Gasteiger partial charge >= 0.3 is 0 Å². The molecule has 88 valence electrons. The summed E-state index contributed by atoms with van der Waals surface area (Å²) in [6.07, 6.45) is 4.93. The van der Waals surface area contributed by atoms with Gasteiger partial charge in [-0.2, -0.15) is 0 Å². The van der Waals surface area contributed by atoms with E-state index in [1.54, 1.807) is 11.3 Å². The number of carbonyl (C=O) groups is 1. The molecule has 0 aromatic carbocycles. The lowest BCUT2D eigenvalue weighted by Gasteiger charge is -2.05. The molecule has 0 aliphatic heterocycles. The minimum atomic E-state index is -0.386. The summed E-state index contributed by atoms with van der Waals surface area (Å²) < 4.78 is 0. The van der Waals surface area contributed by atoms with Crippen LogP contribution in [0.2, 0.25) is 0 Å². The van der Waals surface area contributed by atoms with E-state index in [-0.39, 0.29) is 12.5 Å². The van der Waals surface area contributed by atoms with Gasteiger partial charge in [0.15, 0.2) is 0 Å². The Balaban J connectivity index is 2.08. The number of nitrogens with one attached hydrogen (secondary N) is 1. The zero-order valence-corrected chi connectivity index (χ0v) is 10.0. The van der Waals surface area contributed by atoms with Crippen molar-refractivity contribution in [2.75, 3.05) is 11.9 Å². The number of primary amides is 1. The van der Waals surface area contributed by atoms with Crippen LogP contribution in [0.1, 0.15) is 16.9 Å². The van der Waals surface area contributed by atoms with E-state index >= 15 is 0 Å². The first-order valence-corrected chi connectivity index (χ1v) is 6.35. The Labute approximate surface area is 102 Å². The number of hydrogen-bond acceptors (Lipinski definition) is 5. The molecular formula is C11H12N4OS. The second kappa shape index (κ2) is 3.96. The second-order valence-corrected chi connectivity index (χ2v) is 5.16. The molecule has 0 fully saturated rings. The molecule has 0 saturated carbocycles. The third-order valence-electron chi connectivity index (χ3n) is 2.93. The predicted octanol–water partition coefficient (Wildman–Crippen LogP) is 1.08. The molecule has 0 radical (unpaired) electrons. The van der Waals surface area contributed by atoms with Crippen molar-refractivity contribution in [3.8, 4) is 0 Å². The van der Waals surface area contributed by atoms with E-state index in [1.807, 2.05) is 0 Å². The first kappa shape index (κ1) is 10.5. The number of fused-ring (bicyclic) bond motifs is 3. The number of hydrogen-bond donors (Lipinski definition) is 2. The van der Waals surface area contributed by atoms with E-state index < -0.39 is 0 Å². The molecule has 1 amide bonds. The first-order valence-electron chi connectivity index (χ1n) is 5.53. The molecule has 1 aliphatic rings. The van der Waals surface area contributed by atoms with Crippen LogP contribution in [0.25, 0.3) is 10.2 Å². The lowest BCUT2D eigenvalue weighted by Crippen LogP contribution is -2.22. The van der Waals surface area contributed by atoms with Gasteiger partial charge in [0.2, 0.25) is 5.91 Å². The van der Waals surface area contributed by atoms with Gasteiger partial charge in [-0.1, -0.05) is 0 Å². The predicted molar refractivity (Wildman–Crippen MR) is 67.1 cm³/mol. The highest BCUT2D eigenvalue weighted by molar-refractivity contribution is 7.19. The average molecular weight is 248 g/mol. The van der Waals surface area contributed by atoms with Crippen LogP contribution < -0.4 is 11.1 Å². The molecule has 17 heavy (non-hydrogen) atoms. The number of anilines is 1.